The van der Waals surface area contributed by atoms with E-state index in [1.807, 2.05) is 0 Å². The van der Waals surface area contributed by atoms with Crippen LogP contribution in [0.1, 0.15) is 51.1 Å². The fraction of sp³-hybridized carbons (Fsp3) is 0.318. The molecule has 0 atom stereocenters. The van der Waals surface area contributed by atoms with Gasteiger partial charge in [0.05, 0.1) is 17.2 Å². The zero-order chi connectivity index (χ0) is 22.7. The van der Waals surface area contributed by atoms with E-state index in [2.05, 4.69) is 10.4 Å². The minimum Gasteiger partial charge on any atom is -0.471 e. The molecule has 1 aromatic carbocycles. The van der Waals surface area contributed by atoms with Crippen LogP contribution in [0.4, 0.5) is 9.39 Å². The monoisotopic (exact) mass is 477 g/mol. The predicted molar refractivity (Wildman–Crippen MR) is 119 cm³/mol. The number of ether oxygens (including phenoxy) is 2. The smallest absolute Gasteiger partial charge is 0.341 e. The van der Waals surface area contributed by atoms with E-state index in [4.69, 9.17) is 21.1 Å². The van der Waals surface area contributed by atoms with Crippen molar-refractivity contribution < 1.29 is 23.5 Å². The van der Waals surface area contributed by atoms with E-state index in [9.17, 15) is 14.0 Å². The van der Waals surface area contributed by atoms with Crippen molar-refractivity contribution in [2.24, 2.45) is 0 Å². The summed E-state index contributed by atoms with van der Waals surface area (Å²) in [6.45, 7) is 2.03. The maximum Gasteiger partial charge on any atom is 0.341 e. The minimum atomic E-state index is -0.533. The summed E-state index contributed by atoms with van der Waals surface area (Å²) in [6, 6.07) is 5.58. The Morgan fingerprint density at radius 1 is 1.28 bits per heavy atom. The number of nitrogens with one attached hydrogen (secondary N) is 1. The van der Waals surface area contributed by atoms with Gasteiger partial charge in [0.2, 0.25) is 0 Å². The molecule has 0 bridgehead atoms. The van der Waals surface area contributed by atoms with Crippen LogP contribution in [0.15, 0.2) is 30.5 Å². The molecule has 4 rings (SSSR count). The lowest BCUT2D eigenvalue weighted by Crippen LogP contribution is -2.17. The number of aryl methyl sites for hydroxylation is 1. The minimum absolute atomic E-state index is 0.0105. The quantitative estimate of drug-likeness (QED) is 0.480. The van der Waals surface area contributed by atoms with Crippen LogP contribution < -0.4 is 10.1 Å². The highest BCUT2D eigenvalue weighted by Crippen LogP contribution is 2.38. The highest BCUT2D eigenvalue weighted by molar-refractivity contribution is 7.17. The average molecular weight is 478 g/mol. The fourth-order valence-corrected chi connectivity index (χ4v) is 4.95. The first-order chi connectivity index (χ1) is 15.5. The molecule has 0 fully saturated rings. The third-order valence-corrected chi connectivity index (χ3v) is 6.50. The second kappa shape index (κ2) is 9.70. The molecule has 1 aliphatic rings. The topological polar surface area (TPSA) is 82.5 Å². The molecule has 168 valence electrons. The van der Waals surface area contributed by atoms with E-state index in [1.54, 1.807) is 19.2 Å². The number of hydrogen-bond donors (Lipinski definition) is 1. The van der Waals surface area contributed by atoms with Crippen LogP contribution in [-0.4, -0.2) is 28.3 Å². The molecule has 32 heavy (non-hydrogen) atoms. The summed E-state index contributed by atoms with van der Waals surface area (Å²) in [5.41, 5.74) is 1.61. The molecule has 1 amide bonds. The van der Waals surface area contributed by atoms with E-state index in [0.29, 0.717) is 16.3 Å². The maximum absolute atomic E-state index is 13.3. The van der Waals surface area contributed by atoms with Crippen LogP contribution in [0.5, 0.6) is 5.75 Å². The molecule has 1 aliphatic carbocycles. The van der Waals surface area contributed by atoms with E-state index in [1.165, 1.54) is 34.2 Å². The van der Waals surface area contributed by atoms with Crippen molar-refractivity contribution >= 4 is 39.8 Å². The van der Waals surface area contributed by atoms with E-state index < -0.39 is 17.7 Å². The number of anilines is 1. The van der Waals surface area contributed by atoms with Gasteiger partial charge in [0.15, 0.2) is 12.4 Å². The van der Waals surface area contributed by atoms with Crippen molar-refractivity contribution in [2.45, 2.75) is 39.3 Å². The number of benzene rings is 1. The molecule has 0 spiro atoms. The van der Waals surface area contributed by atoms with Crippen LogP contribution >= 0.6 is 22.9 Å². The molecule has 1 N–H and O–H groups in total. The summed E-state index contributed by atoms with van der Waals surface area (Å²) in [5.74, 6) is -1.01. The number of halogens is 2. The maximum atomic E-state index is 13.3. The van der Waals surface area contributed by atoms with E-state index in [-0.39, 0.29) is 24.1 Å². The molecule has 10 heteroatoms. The zero-order valence-corrected chi connectivity index (χ0v) is 18.9. The Kier molecular flexibility index (Phi) is 6.76. The van der Waals surface area contributed by atoms with Gasteiger partial charge in [-0.15, -0.1) is 11.3 Å². The van der Waals surface area contributed by atoms with Gasteiger partial charge in [0, 0.05) is 17.1 Å². The third kappa shape index (κ3) is 4.78. The number of thiophene rings is 1. The molecular formula is C22H21ClFN3O4S. The van der Waals surface area contributed by atoms with Crippen molar-refractivity contribution in [2.75, 3.05) is 11.9 Å². The second-order valence-corrected chi connectivity index (χ2v) is 8.69. The van der Waals surface area contributed by atoms with Crippen LogP contribution in [0.3, 0.4) is 0 Å². The molecule has 0 aliphatic heterocycles. The Hall–Kier alpha value is -2.91. The SMILES string of the molecule is CCOC(=O)c1c(NC(=O)c2ccn(COc3ccc(F)c(Cl)c3)n2)sc2c1CCCC2. The second-order valence-electron chi connectivity index (χ2n) is 7.18. The number of nitrogens with zero attached hydrogens (tertiary/aromatic N) is 2. The number of aromatic nitrogens is 2. The van der Waals surface area contributed by atoms with Gasteiger partial charge in [-0.1, -0.05) is 11.6 Å². The average Bonchev–Trinajstić information content (AvgIpc) is 3.39. The van der Waals surface area contributed by atoms with Gasteiger partial charge in [-0.25, -0.2) is 13.9 Å². The van der Waals surface area contributed by atoms with Gasteiger partial charge < -0.3 is 14.8 Å². The normalized spacial score (nSPS) is 12.8. The van der Waals surface area contributed by atoms with Gasteiger partial charge in [-0.2, -0.15) is 5.10 Å². The Morgan fingerprint density at radius 3 is 2.88 bits per heavy atom. The number of rotatable bonds is 7. The van der Waals surface area contributed by atoms with Crippen LogP contribution in [0.25, 0.3) is 0 Å². The molecule has 3 aromatic rings. The molecule has 2 aromatic heterocycles. The van der Waals surface area contributed by atoms with Crippen molar-refractivity contribution in [1.82, 2.24) is 9.78 Å². The van der Waals surface area contributed by atoms with Crippen molar-refractivity contribution in [3.05, 3.63) is 63.0 Å². The van der Waals surface area contributed by atoms with Crippen LogP contribution in [0, 0.1) is 5.82 Å². The molecule has 0 unspecified atom stereocenters. The number of carbonyl (C=O) groups excluding carboxylic acids is 2. The standard InChI is InChI=1S/C22H21ClFN3O4S/c1-2-30-22(29)19-14-5-3-4-6-18(14)32-21(19)25-20(28)17-9-10-27(26-17)12-31-13-7-8-16(24)15(23)11-13/h7-11H,2-6,12H2,1H3,(H,25,28). The van der Waals surface area contributed by atoms with E-state index >= 15 is 0 Å². The van der Waals surface area contributed by atoms with E-state index in [0.717, 1.165) is 36.1 Å². The fourth-order valence-electron chi connectivity index (χ4n) is 3.50. The van der Waals surface area contributed by atoms with Gasteiger partial charge in [-0.05, 0) is 56.4 Å². The third-order valence-electron chi connectivity index (χ3n) is 5.01. The summed E-state index contributed by atoms with van der Waals surface area (Å²) < 4.78 is 25.4. The Labute approximate surface area is 193 Å². The van der Waals surface area contributed by atoms with Crippen molar-refractivity contribution in [3.8, 4) is 5.75 Å². The lowest BCUT2D eigenvalue weighted by atomic mass is 9.95. The Bertz CT molecular complexity index is 1160. The molecular weight excluding hydrogens is 457 g/mol. The summed E-state index contributed by atoms with van der Waals surface area (Å²) in [6.07, 6.45) is 5.35. The lowest BCUT2D eigenvalue weighted by Gasteiger charge is -2.12. The predicted octanol–water partition coefficient (Wildman–Crippen LogP) is 5.08. The highest BCUT2D eigenvalue weighted by atomic mass is 35.5. The molecule has 0 saturated heterocycles. The first-order valence-electron chi connectivity index (χ1n) is 10.2. The summed E-state index contributed by atoms with van der Waals surface area (Å²) in [5, 5.41) is 7.49. The number of amides is 1. The van der Waals surface area contributed by atoms with Gasteiger partial charge in [0.25, 0.3) is 5.91 Å². The number of esters is 1. The summed E-state index contributed by atoms with van der Waals surface area (Å²) in [4.78, 5) is 26.5. The molecule has 0 radical (unpaired) electrons. The number of fused-ring (bicyclic) bond motifs is 1. The van der Waals surface area contributed by atoms with Gasteiger partial charge in [-0.3, -0.25) is 4.79 Å². The lowest BCUT2D eigenvalue weighted by molar-refractivity contribution is 0.0526. The zero-order valence-electron chi connectivity index (χ0n) is 17.3. The molecule has 2 heterocycles. The molecule has 0 saturated carbocycles. The summed E-state index contributed by atoms with van der Waals surface area (Å²) in [7, 11) is 0. The first-order valence-corrected chi connectivity index (χ1v) is 11.4. The highest BCUT2D eigenvalue weighted by Gasteiger charge is 2.27. The van der Waals surface area contributed by atoms with Gasteiger partial charge >= 0.3 is 5.97 Å². The number of hydrogen-bond acceptors (Lipinski definition) is 6. The Balaban J connectivity index is 1.46. The number of carbonyl (C=O) groups is 2. The molecule has 7 nitrogen and oxygen atoms in total. The van der Waals surface area contributed by atoms with Crippen LogP contribution in [-0.2, 0) is 24.3 Å². The first kappa shape index (κ1) is 22.3. The van der Waals surface area contributed by atoms with Crippen molar-refractivity contribution in [1.29, 1.82) is 0 Å². The van der Waals surface area contributed by atoms with Gasteiger partial charge in [0.1, 0.15) is 16.6 Å². The Morgan fingerprint density at radius 2 is 2.09 bits per heavy atom. The van der Waals surface area contributed by atoms with Crippen molar-refractivity contribution in [3.63, 3.8) is 0 Å². The van der Waals surface area contributed by atoms with Crippen LogP contribution in [0.2, 0.25) is 5.02 Å². The largest absolute Gasteiger partial charge is 0.471 e. The summed E-state index contributed by atoms with van der Waals surface area (Å²) >= 11 is 7.17.